The van der Waals surface area contributed by atoms with E-state index in [2.05, 4.69) is 5.10 Å². The van der Waals surface area contributed by atoms with Crippen LogP contribution in [0.2, 0.25) is 10.0 Å². The van der Waals surface area contributed by atoms with Crippen LogP contribution in [0.15, 0.2) is 41.3 Å². The van der Waals surface area contributed by atoms with Gasteiger partial charge in [-0.25, -0.2) is 9.48 Å². The fourth-order valence-electron chi connectivity index (χ4n) is 3.12. The number of pyridine rings is 1. The molecule has 1 N–H and O–H groups in total. The first-order valence-corrected chi connectivity index (χ1v) is 9.26. The molecule has 3 aromatic rings. The molecule has 0 amide bonds. The molecule has 10 heteroatoms. The van der Waals surface area contributed by atoms with Crippen molar-refractivity contribution in [3.05, 3.63) is 73.7 Å². The molecule has 152 valence electrons. The molecule has 0 unspecified atom stereocenters. The molecule has 29 heavy (non-hydrogen) atoms. The normalized spacial score (nSPS) is 11.2. The second-order valence-corrected chi connectivity index (χ2v) is 6.96. The van der Waals surface area contributed by atoms with Crippen LogP contribution < -0.4 is 5.43 Å². The monoisotopic (exact) mass is 441 g/mol. The van der Waals surface area contributed by atoms with Crippen LogP contribution in [0.1, 0.15) is 35.2 Å². The van der Waals surface area contributed by atoms with Crippen molar-refractivity contribution in [3.63, 3.8) is 0 Å². The minimum atomic E-state index is -2.78. The number of aromatic carboxylic acids is 1. The first kappa shape index (κ1) is 21.0. The lowest BCUT2D eigenvalue weighted by atomic mass is 10.0. The van der Waals surface area contributed by atoms with Gasteiger partial charge in [0.25, 0.3) is 0 Å². The van der Waals surface area contributed by atoms with Crippen molar-refractivity contribution >= 4 is 29.2 Å². The first-order valence-electron chi connectivity index (χ1n) is 8.50. The predicted molar refractivity (Wildman–Crippen MR) is 105 cm³/mol. The summed E-state index contributed by atoms with van der Waals surface area (Å²) in [5.41, 5.74) is 0.196. The van der Waals surface area contributed by atoms with Crippen molar-refractivity contribution in [1.29, 1.82) is 0 Å². The van der Waals surface area contributed by atoms with Gasteiger partial charge in [0.1, 0.15) is 5.56 Å². The summed E-state index contributed by atoms with van der Waals surface area (Å²) >= 11 is 12.0. The van der Waals surface area contributed by atoms with E-state index in [-0.39, 0.29) is 22.2 Å². The molecule has 0 aliphatic carbocycles. The van der Waals surface area contributed by atoms with Crippen LogP contribution in [-0.2, 0) is 13.0 Å². The van der Waals surface area contributed by atoms with Gasteiger partial charge in [0.2, 0.25) is 0 Å². The predicted octanol–water partition coefficient (Wildman–Crippen LogP) is 4.72. The zero-order valence-electron chi connectivity index (χ0n) is 15.1. The molecular weight excluding hydrogens is 427 g/mol. The van der Waals surface area contributed by atoms with Crippen molar-refractivity contribution in [2.45, 2.75) is 26.4 Å². The molecule has 0 aliphatic heterocycles. The van der Waals surface area contributed by atoms with Gasteiger partial charge < -0.3 is 9.67 Å². The summed E-state index contributed by atoms with van der Waals surface area (Å²) in [6, 6.07) is 7.16. The molecule has 0 saturated heterocycles. The largest absolute Gasteiger partial charge is 0.477 e. The number of nitrogens with zero attached hydrogens (tertiary/aromatic N) is 3. The van der Waals surface area contributed by atoms with E-state index in [1.165, 1.54) is 24.3 Å². The standard InChI is InChI=1S/C19H15Cl2F2N3O3/c1-2-25-12(8-11-5-6-26(24-11)19(22)23)9-15(27)16(18(28)29)17(25)10-3-4-13(20)14(21)7-10/h3-7,9,19H,2,8H2,1H3,(H,28,29). The van der Waals surface area contributed by atoms with Gasteiger partial charge in [-0.1, -0.05) is 29.3 Å². The van der Waals surface area contributed by atoms with Gasteiger partial charge in [-0.3, -0.25) is 4.79 Å². The van der Waals surface area contributed by atoms with Gasteiger partial charge in [0, 0.05) is 36.5 Å². The molecule has 2 aromatic heterocycles. The average molecular weight is 442 g/mol. The molecule has 3 rings (SSSR count). The Balaban J connectivity index is 2.22. The van der Waals surface area contributed by atoms with Crippen LogP contribution in [0.25, 0.3) is 11.3 Å². The summed E-state index contributed by atoms with van der Waals surface area (Å²) < 4.78 is 27.7. The Kier molecular flexibility index (Phi) is 6.04. The highest BCUT2D eigenvalue weighted by Crippen LogP contribution is 2.31. The minimum absolute atomic E-state index is 0.0665. The third-order valence-electron chi connectivity index (χ3n) is 4.35. The fraction of sp³-hybridized carbons (Fsp3) is 0.211. The molecule has 0 aliphatic rings. The molecule has 0 saturated carbocycles. The highest BCUT2D eigenvalue weighted by molar-refractivity contribution is 6.42. The highest BCUT2D eigenvalue weighted by Gasteiger charge is 2.23. The van der Waals surface area contributed by atoms with E-state index in [1.807, 2.05) is 0 Å². The average Bonchev–Trinajstić information content (AvgIpc) is 3.12. The summed E-state index contributed by atoms with van der Waals surface area (Å²) in [6.45, 7) is -0.683. The van der Waals surface area contributed by atoms with Crippen LogP contribution in [0, 0.1) is 0 Å². The molecule has 1 aromatic carbocycles. The van der Waals surface area contributed by atoms with Crippen LogP contribution in [0.3, 0.4) is 0 Å². The number of carboxylic acids is 1. The molecule has 0 fully saturated rings. The SMILES string of the molecule is CCn1c(Cc2ccn(C(F)F)n2)cc(=O)c(C(=O)O)c1-c1ccc(Cl)c(Cl)c1. The Hall–Kier alpha value is -2.71. The van der Waals surface area contributed by atoms with E-state index in [9.17, 15) is 23.5 Å². The molecule has 0 bridgehead atoms. The molecule has 2 heterocycles. The maximum atomic E-state index is 12.8. The summed E-state index contributed by atoms with van der Waals surface area (Å²) in [4.78, 5) is 24.4. The second kappa shape index (κ2) is 8.34. The smallest absolute Gasteiger partial charge is 0.341 e. The van der Waals surface area contributed by atoms with Crippen molar-refractivity contribution in [1.82, 2.24) is 14.3 Å². The maximum absolute atomic E-state index is 12.8. The minimum Gasteiger partial charge on any atom is -0.477 e. The number of carboxylic acid groups (broad SMARTS) is 1. The Morgan fingerprint density at radius 1 is 1.21 bits per heavy atom. The Morgan fingerprint density at radius 2 is 1.93 bits per heavy atom. The number of carbonyl (C=O) groups is 1. The van der Waals surface area contributed by atoms with Crippen LogP contribution in [-0.4, -0.2) is 25.4 Å². The molecular formula is C19H15Cl2F2N3O3. The first-order chi connectivity index (χ1) is 13.7. The highest BCUT2D eigenvalue weighted by atomic mass is 35.5. The van der Waals surface area contributed by atoms with E-state index in [1.54, 1.807) is 17.6 Å². The lowest BCUT2D eigenvalue weighted by Gasteiger charge is -2.19. The van der Waals surface area contributed by atoms with Crippen molar-refractivity contribution < 1.29 is 18.7 Å². The van der Waals surface area contributed by atoms with E-state index in [4.69, 9.17) is 23.2 Å². The lowest BCUT2D eigenvalue weighted by Crippen LogP contribution is -2.23. The zero-order valence-corrected chi connectivity index (χ0v) is 16.6. The van der Waals surface area contributed by atoms with Gasteiger partial charge in [0.05, 0.1) is 21.4 Å². The number of hydrogen-bond acceptors (Lipinski definition) is 3. The van der Waals surface area contributed by atoms with Crippen LogP contribution >= 0.6 is 23.2 Å². The number of benzene rings is 1. The summed E-state index contributed by atoms with van der Waals surface area (Å²) in [5, 5.41) is 13.9. The van der Waals surface area contributed by atoms with Gasteiger partial charge in [-0.05, 0) is 25.1 Å². The number of alkyl halides is 2. The Morgan fingerprint density at radius 3 is 2.48 bits per heavy atom. The van der Waals surface area contributed by atoms with E-state index in [0.29, 0.717) is 28.2 Å². The van der Waals surface area contributed by atoms with Gasteiger partial charge in [0.15, 0.2) is 5.43 Å². The van der Waals surface area contributed by atoms with Crippen molar-refractivity contribution in [2.75, 3.05) is 0 Å². The second-order valence-electron chi connectivity index (χ2n) is 6.14. The van der Waals surface area contributed by atoms with Crippen molar-refractivity contribution in [3.8, 4) is 11.3 Å². The number of rotatable bonds is 6. The fourth-order valence-corrected chi connectivity index (χ4v) is 3.42. The van der Waals surface area contributed by atoms with Crippen molar-refractivity contribution in [2.24, 2.45) is 0 Å². The Bertz CT molecular complexity index is 1140. The third kappa shape index (κ3) is 4.18. The van der Waals surface area contributed by atoms with Crippen LogP contribution in [0.4, 0.5) is 8.78 Å². The lowest BCUT2D eigenvalue weighted by molar-refractivity contribution is 0.0562. The maximum Gasteiger partial charge on any atom is 0.341 e. The quantitative estimate of drug-likeness (QED) is 0.599. The molecule has 0 atom stereocenters. The van der Waals surface area contributed by atoms with E-state index >= 15 is 0 Å². The van der Waals surface area contributed by atoms with E-state index < -0.39 is 23.5 Å². The van der Waals surface area contributed by atoms with Gasteiger partial charge in [-0.2, -0.15) is 13.9 Å². The van der Waals surface area contributed by atoms with Gasteiger partial charge in [-0.15, -0.1) is 0 Å². The van der Waals surface area contributed by atoms with Gasteiger partial charge >= 0.3 is 12.5 Å². The number of aromatic nitrogens is 3. The summed E-state index contributed by atoms with van der Waals surface area (Å²) in [7, 11) is 0. The molecule has 0 spiro atoms. The molecule has 0 radical (unpaired) electrons. The zero-order chi connectivity index (χ0) is 21.3. The topological polar surface area (TPSA) is 77.1 Å². The van der Waals surface area contributed by atoms with E-state index in [0.717, 1.165) is 6.20 Å². The summed E-state index contributed by atoms with van der Waals surface area (Å²) in [6.07, 6.45) is 1.21. The number of hydrogen-bond donors (Lipinski definition) is 1. The third-order valence-corrected chi connectivity index (χ3v) is 5.09. The van der Waals surface area contributed by atoms with Crippen LogP contribution in [0.5, 0.6) is 0 Å². The Labute approximate surface area is 173 Å². The summed E-state index contributed by atoms with van der Waals surface area (Å²) in [5.74, 6) is -1.38. The molecule has 6 nitrogen and oxygen atoms in total. The number of halogens is 4.